The molecule has 0 amide bonds. The molecule has 0 saturated carbocycles. The first-order valence-electron chi connectivity index (χ1n) is 3.43. The van der Waals surface area contributed by atoms with E-state index < -0.39 is 18.3 Å². The van der Waals surface area contributed by atoms with Crippen LogP contribution in [-0.4, -0.2) is 60.3 Å². The molecule has 0 aromatic rings. The molecule has 1 aliphatic rings. The summed E-state index contributed by atoms with van der Waals surface area (Å²) in [7, 11) is 0. The average molecular weight is 227 g/mol. The average Bonchev–Trinajstić information content (AvgIpc) is 2.32. The molecule has 4 atom stereocenters. The van der Waals surface area contributed by atoms with E-state index in [1.54, 1.807) is 0 Å². The van der Waals surface area contributed by atoms with E-state index in [9.17, 15) is 5.11 Å². The molecule has 1 aliphatic heterocycles. The molecule has 1 fully saturated rings. The Labute approximate surface area is 71.0 Å². The summed E-state index contributed by atoms with van der Waals surface area (Å²) in [5, 5.41) is 36.6. The first kappa shape index (κ1) is 9.45. The van der Waals surface area contributed by atoms with E-state index in [0.29, 0.717) is 5.32 Å². The first-order valence-corrected chi connectivity index (χ1v) is 5.63. The SMILES string of the molecule is OC[C@H](O)[C@@H]1[Se]C[C@@H](O)[C@@H]1O. The van der Waals surface area contributed by atoms with Crippen LogP contribution in [0.25, 0.3) is 0 Å². The molecule has 11 heavy (non-hydrogen) atoms. The number of hydrogen-bond donors (Lipinski definition) is 4. The van der Waals surface area contributed by atoms with E-state index in [1.165, 1.54) is 0 Å². The summed E-state index contributed by atoms with van der Waals surface area (Å²) < 4.78 is 0. The van der Waals surface area contributed by atoms with Crippen molar-refractivity contribution >= 4 is 15.0 Å². The van der Waals surface area contributed by atoms with Crippen LogP contribution in [0.1, 0.15) is 0 Å². The van der Waals surface area contributed by atoms with Gasteiger partial charge in [-0.25, -0.2) is 0 Å². The van der Waals surface area contributed by atoms with E-state index in [2.05, 4.69) is 0 Å². The van der Waals surface area contributed by atoms with Crippen molar-refractivity contribution in [3.05, 3.63) is 0 Å². The van der Waals surface area contributed by atoms with Gasteiger partial charge in [0, 0.05) is 0 Å². The molecule has 0 aromatic heterocycles. The topological polar surface area (TPSA) is 80.9 Å². The van der Waals surface area contributed by atoms with E-state index in [-0.39, 0.29) is 26.4 Å². The van der Waals surface area contributed by atoms with Crippen LogP contribution >= 0.6 is 0 Å². The fourth-order valence-corrected chi connectivity index (χ4v) is 3.80. The zero-order chi connectivity index (χ0) is 8.43. The summed E-state index contributed by atoms with van der Waals surface area (Å²) in [6.45, 7) is -0.337. The van der Waals surface area contributed by atoms with Gasteiger partial charge >= 0.3 is 70.4 Å². The van der Waals surface area contributed by atoms with Crippen molar-refractivity contribution in [2.24, 2.45) is 0 Å². The second-order valence-corrected chi connectivity index (χ2v) is 5.15. The van der Waals surface area contributed by atoms with E-state index >= 15 is 0 Å². The zero-order valence-corrected chi connectivity index (χ0v) is 7.63. The van der Waals surface area contributed by atoms with Gasteiger partial charge in [-0.05, 0) is 0 Å². The predicted octanol–water partition coefficient (Wildman–Crippen LogP) is -2.01. The van der Waals surface area contributed by atoms with Crippen molar-refractivity contribution in [1.29, 1.82) is 0 Å². The summed E-state index contributed by atoms with van der Waals surface area (Å²) in [4.78, 5) is -0.303. The minimum absolute atomic E-state index is 0.0426. The van der Waals surface area contributed by atoms with Crippen LogP contribution in [0, 0.1) is 0 Å². The molecule has 4 N–H and O–H groups in total. The van der Waals surface area contributed by atoms with Gasteiger partial charge in [0.05, 0.1) is 0 Å². The monoisotopic (exact) mass is 228 g/mol. The molecule has 1 rings (SSSR count). The van der Waals surface area contributed by atoms with Gasteiger partial charge < -0.3 is 0 Å². The molecule has 1 saturated heterocycles. The van der Waals surface area contributed by atoms with Crippen molar-refractivity contribution in [2.75, 3.05) is 6.61 Å². The summed E-state index contributed by atoms with van der Waals surface area (Å²) in [5.41, 5.74) is 0. The van der Waals surface area contributed by atoms with Crippen LogP contribution < -0.4 is 0 Å². The Morgan fingerprint density at radius 2 is 2.09 bits per heavy atom. The Hall–Kier alpha value is 0.359. The summed E-state index contributed by atoms with van der Waals surface area (Å²) >= 11 is 0.0426. The number of rotatable bonds is 2. The molecule has 4 nitrogen and oxygen atoms in total. The summed E-state index contributed by atoms with van der Waals surface area (Å²) in [6, 6.07) is 0. The fourth-order valence-electron chi connectivity index (χ4n) is 1.07. The maximum atomic E-state index is 9.25. The van der Waals surface area contributed by atoms with Crippen LogP contribution in [0.2, 0.25) is 10.1 Å². The van der Waals surface area contributed by atoms with Crippen LogP contribution in [0.15, 0.2) is 0 Å². The van der Waals surface area contributed by atoms with Crippen LogP contribution in [0.4, 0.5) is 0 Å². The van der Waals surface area contributed by atoms with Gasteiger partial charge in [-0.15, -0.1) is 0 Å². The van der Waals surface area contributed by atoms with Gasteiger partial charge in [0.25, 0.3) is 0 Å². The van der Waals surface area contributed by atoms with Crippen molar-refractivity contribution in [3.63, 3.8) is 0 Å². The zero-order valence-electron chi connectivity index (χ0n) is 5.92. The first-order chi connectivity index (χ1) is 5.16. The standard InChI is InChI=1S/C6H12O4Se/c7-1-3(8)6-5(10)4(9)2-11-6/h3-10H,1-2H2/t3-,4+,5-,6-/m0/s1. The Morgan fingerprint density at radius 1 is 1.45 bits per heavy atom. The Morgan fingerprint density at radius 3 is 2.45 bits per heavy atom. The fraction of sp³-hybridized carbons (Fsp3) is 1.00. The molecular weight excluding hydrogens is 215 g/mol. The van der Waals surface area contributed by atoms with Gasteiger partial charge in [0.15, 0.2) is 0 Å². The van der Waals surface area contributed by atoms with Gasteiger partial charge in [-0.1, -0.05) is 0 Å². The second-order valence-electron chi connectivity index (χ2n) is 2.61. The summed E-state index contributed by atoms with van der Waals surface area (Å²) in [5.74, 6) is 0. The molecule has 0 unspecified atom stereocenters. The molecule has 66 valence electrons. The molecule has 1 heterocycles. The second kappa shape index (κ2) is 3.85. The van der Waals surface area contributed by atoms with E-state index in [0.717, 1.165) is 0 Å². The molecule has 0 spiro atoms. The quantitative estimate of drug-likeness (QED) is 0.411. The van der Waals surface area contributed by atoms with Gasteiger partial charge in [-0.3, -0.25) is 0 Å². The Bertz CT molecular complexity index is 132. The van der Waals surface area contributed by atoms with Crippen LogP contribution in [0.5, 0.6) is 0 Å². The third-order valence-electron chi connectivity index (χ3n) is 1.76. The van der Waals surface area contributed by atoms with E-state index in [4.69, 9.17) is 15.3 Å². The molecule has 0 bridgehead atoms. The molecule has 0 aliphatic carbocycles. The van der Waals surface area contributed by atoms with E-state index in [1.807, 2.05) is 0 Å². The van der Waals surface area contributed by atoms with Gasteiger partial charge in [0.2, 0.25) is 0 Å². The van der Waals surface area contributed by atoms with Gasteiger partial charge in [0.1, 0.15) is 0 Å². The third-order valence-corrected chi connectivity index (χ3v) is 4.93. The number of hydrogen-bond acceptors (Lipinski definition) is 4. The van der Waals surface area contributed by atoms with Gasteiger partial charge in [-0.2, -0.15) is 0 Å². The van der Waals surface area contributed by atoms with Crippen LogP contribution in [0.3, 0.4) is 0 Å². The Kier molecular flexibility index (Phi) is 3.30. The maximum absolute atomic E-state index is 9.25. The number of aliphatic hydroxyl groups excluding tert-OH is 4. The molecule has 5 heteroatoms. The van der Waals surface area contributed by atoms with Crippen molar-refractivity contribution in [3.8, 4) is 0 Å². The predicted molar refractivity (Wildman–Crippen MR) is 39.4 cm³/mol. The molecular formula is C6H12O4Se. The molecule has 0 aromatic carbocycles. The van der Waals surface area contributed by atoms with Crippen LogP contribution in [-0.2, 0) is 0 Å². The Balaban J connectivity index is 2.47. The summed E-state index contributed by atoms with van der Waals surface area (Å²) in [6.07, 6.45) is -2.43. The number of aliphatic hydroxyl groups is 4. The van der Waals surface area contributed by atoms with Crippen molar-refractivity contribution < 1.29 is 20.4 Å². The van der Waals surface area contributed by atoms with Crippen molar-refractivity contribution in [2.45, 2.75) is 28.4 Å². The minimum atomic E-state index is -0.873. The van der Waals surface area contributed by atoms with Crippen molar-refractivity contribution in [1.82, 2.24) is 0 Å². The molecule has 0 radical (unpaired) electrons. The normalized spacial score (nSPS) is 40.9. The third kappa shape index (κ3) is 1.93.